The summed E-state index contributed by atoms with van der Waals surface area (Å²) in [6.45, 7) is 6.52. The van der Waals surface area contributed by atoms with Crippen LogP contribution in [0.15, 0.2) is 22.7 Å². The van der Waals surface area contributed by atoms with Crippen molar-refractivity contribution in [3.63, 3.8) is 0 Å². The van der Waals surface area contributed by atoms with Crippen LogP contribution in [0.25, 0.3) is 0 Å². The van der Waals surface area contributed by atoms with E-state index in [1.165, 1.54) is 0 Å². The van der Waals surface area contributed by atoms with Crippen molar-refractivity contribution in [1.29, 1.82) is 5.26 Å². The first-order valence-electron chi connectivity index (χ1n) is 5.71. The number of halogens is 1. The van der Waals surface area contributed by atoms with Gasteiger partial charge in [0.15, 0.2) is 0 Å². The minimum absolute atomic E-state index is 0.615. The fraction of sp³-hybridized carbons (Fsp3) is 0.462. The first-order valence-corrected chi connectivity index (χ1v) is 7.44. The third-order valence-electron chi connectivity index (χ3n) is 2.86. The lowest BCUT2D eigenvalue weighted by Crippen LogP contribution is -2.40. The van der Waals surface area contributed by atoms with Gasteiger partial charge in [-0.2, -0.15) is 17.0 Å². The Balaban J connectivity index is 2.34. The first kappa shape index (κ1) is 12.8. The van der Waals surface area contributed by atoms with Gasteiger partial charge in [0.25, 0.3) is 0 Å². The van der Waals surface area contributed by atoms with Gasteiger partial charge in [-0.1, -0.05) is 19.9 Å². The highest BCUT2D eigenvalue weighted by molar-refractivity contribution is 9.10. The van der Waals surface area contributed by atoms with E-state index in [0.29, 0.717) is 10.5 Å². The molecule has 2 atom stereocenters. The van der Waals surface area contributed by atoms with Crippen molar-refractivity contribution in [2.24, 2.45) is 0 Å². The second kappa shape index (κ2) is 5.32. The summed E-state index contributed by atoms with van der Waals surface area (Å²) < 4.78 is 0.885. The van der Waals surface area contributed by atoms with Gasteiger partial charge in [0.2, 0.25) is 0 Å². The van der Waals surface area contributed by atoms with Crippen LogP contribution in [0.4, 0.5) is 5.69 Å². The molecule has 17 heavy (non-hydrogen) atoms. The van der Waals surface area contributed by atoms with Gasteiger partial charge >= 0.3 is 0 Å². The lowest BCUT2D eigenvalue weighted by molar-refractivity contribution is 0.727. The van der Waals surface area contributed by atoms with Gasteiger partial charge in [-0.15, -0.1) is 0 Å². The van der Waals surface area contributed by atoms with Gasteiger partial charge in [-0.05, 0) is 28.1 Å². The number of benzene rings is 1. The quantitative estimate of drug-likeness (QED) is 0.792. The van der Waals surface area contributed by atoms with E-state index in [2.05, 4.69) is 40.7 Å². The summed E-state index contributed by atoms with van der Waals surface area (Å²) in [6.07, 6.45) is 0. The molecule has 1 aliphatic rings. The third kappa shape index (κ3) is 2.78. The van der Waals surface area contributed by atoms with Gasteiger partial charge in [-0.25, -0.2) is 0 Å². The minimum atomic E-state index is 0.615. The Kier molecular flexibility index (Phi) is 4.01. The lowest BCUT2D eigenvalue weighted by atomic mass is 10.1. The van der Waals surface area contributed by atoms with Crippen LogP contribution < -0.4 is 4.90 Å². The number of anilines is 1. The largest absolute Gasteiger partial charge is 0.368 e. The molecule has 0 spiro atoms. The Morgan fingerprint density at radius 3 is 2.59 bits per heavy atom. The Labute approximate surface area is 115 Å². The summed E-state index contributed by atoms with van der Waals surface area (Å²) >= 11 is 5.47. The van der Waals surface area contributed by atoms with E-state index >= 15 is 0 Å². The van der Waals surface area contributed by atoms with E-state index in [1.54, 1.807) is 0 Å². The molecular formula is C13H15BrN2S. The Morgan fingerprint density at radius 2 is 2.00 bits per heavy atom. The third-order valence-corrected chi connectivity index (χ3v) is 4.75. The van der Waals surface area contributed by atoms with Crippen LogP contribution in [0.1, 0.15) is 19.4 Å². The molecule has 0 saturated carbocycles. The summed E-state index contributed by atoms with van der Waals surface area (Å²) in [5, 5.41) is 10.5. The van der Waals surface area contributed by atoms with E-state index in [0.717, 1.165) is 28.8 Å². The normalized spacial score (nSPS) is 24.5. The Morgan fingerprint density at radius 1 is 1.35 bits per heavy atom. The molecule has 2 nitrogen and oxygen atoms in total. The molecule has 0 aliphatic carbocycles. The van der Waals surface area contributed by atoms with Crippen molar-refractivity contribution in [1.82, 2.24) is 0 Å². The van der Waals surface area contributed by atoms with Crippen molar-refractivity contribution < 1.29 is 0 Å². The van der Waals surface area contributed by atoms with E-state index in [-0.39, 0.29) is 0 Å². The zero-order valence-corrected chi connectivity index (χ0v) is 12.4. The summed E-state index contributed by atoms with van der Waals surface area (Å²) in [7, 11) is 0. The SMILES string of the molecule is CC1CN(c2cccc(Br)c2C#N)CC(C)S1. The molecule has 0 amide bonds. The van der Waals surface area contributed by atoms with Crippen molar-refractivity contribution in [2.45, 2.75) is 24.3 Å². The molecule has 1 aromatic carbocycles. The molecule has 1 aromatic rings. The molecule has 1 saturated heterocycles. The van der Waals surface area contributed by atoms with Gasteiger partial charge in [-0.3, -0.25) is 0 Å². The molecule has 0 radical (unpaired) electrons. The predicted molar refractivity (Wildman–Crippen MR) is 77.6 cm³/mol. The zero-order valence-electron chi connectivity index (χ0n) is 9.98. The van der Waals surface area contributed by atoms with Crippen LogP contribution >= 0.6 is 27.7 Å². The van der Waals surface area contributed by atoms with Crippen LogP contribution in [0, 0.1) is 11.3 Å². The molecule has 2 rings (SSSR count). The van der Waals surface area contributed by atoms with E-state index in [4.69, 9.17) is 0 Å². The van der Waals surface area contributed by atoms with Crippen LogP contribution in [0.5, 0.6) is 0 Å². The molecule has 0 aromatic heterocycles. The van der Waals surface area contributed by atoms with E-state index in [9.17, 15) is 5.26 Å². The number of thioether (sulfide) groups is 1. The van der Waals surface area contributed by atoms with E-state index in [1.807, 2.05) is 30.0 Å². The molecule has 1 heterocycles. The van der Waals surface area contributed by atoms with Crippen LogP contribution in [-0.4, -0.2) is 23.6 Å². The molecule has 4 heteroatoms. The Bertz CT molecular complexity index is 445. The predicted octanol–water partition coefficient (Wildman–Crippen LogP) is 3.65. The maximum absolute atomic E-state index is 9.25. The molecule has 1 fully saturated rings. The zero-order chi connectivity index (χ0) is 12.4. The van der Waals surface area contributed by atoms with Gasteiger partial charge < -0.3 is 4.90 Å². The summed E-state index contributed by atoms with van der Waals surface area (Å²) in [5.41, 5.74) is 1.81. The first-order chi connectivity index (χ1) is 8.11. The van der Waals surface area contributed by atoms with Crippen LogP contribution in [-0.2, 0) is 0 Å². The highest BCUT2D eigenvalue weighted by Crippen LogP contribution is 2.32. The molecule has 0 bridgehead atoms. The average Bonchev–Trinajstić information content (AvgIpc) is 2.27. The Hall–Kier alpha value is -0.660. The van der Waals surface area contributed by atoms with Gasteiger partial charge in [0.05, 0.1) is 11.3 Å². The number of nitriles is 1. The van der Waals surface area contributed by atoms with Crippen LogP contribution in [0.2, 0.25) is 0 Å². The number of rotatable bonds is 1. The second-order valence-electron chi connectivity index (χ2n) is 4.41. The summed E-state index contributed by atoms with van der Waals surface area (Å²) in [4.78, 5) is 2.33. The number of hydrogen-bond acceptors (Lipinski definition) is 3. The molecule has 1 aliphatic heterocycles. The molecule has 0 N–H and O–H groups in total. The number of nitrogens with zero attached hydrogens (tertiary/aromatic N) is 2. The van der Waals surface area contributed by atoms with Gasteiger partial charge in [0.1, 0.15) is 6.07 Å². The monoisotopic (exact) mass is 310 g/mol. The summed E-state index contributed by atoms with van der Waals surface area (Å²) in [6, 6.07) is 8.26. The fourth-order valence-electron chi connectivity index (χ4n) is 2.26. The van der Waals surface area contributed by atoms with Crippen LogP contribution in [0.3, 0.4) is 0 Å². The standard InChI is InChI=1S/C13H15BrN2S/c1-9-7-16(8-10(2)17-9)13-5-3-4-12(14)11(13)6-15/h3-5,9-10H,7-8H2,1-2H3. The molecule has 2 unspecified atom stereocenters. The second-order valence-corrected chi connectivity index (χ2v) is 7.14. The maximum Gasteiger partial charge on any atom is 0.103 e. The van der Waals surface area contributed by atoms with E-state index < -0.39 is 0 Å². The molecule has 90 valence electrons. The van der Waals surface area contributed by atoms with Crippen molar-refractivity contribution in [3.8, 4) is 6.07 Å². The topological polar surface area (TPSA) is 27.0 Å². The highest BCUT2D eigenvalue weighted by atomic mass is 79.9. The van der Waals surface area contributed by atoms with Crippen molar-refractivity contribution in [2.75, 3.05) is 18.0 Å². The van der Waals surface area contributed by atoms with Gasteiger partial charge in [0, 0.05) is 28.1 Å². The molecular weight excluding hydrogens is 296 g/mol. The average molecular weight is 311 g/mol. The summed E-state index contributed by atoms with van der Waals surface area (Å²) in [5.74, 6) is 0. The smallest absolute Gasteiger partial charge is 0.103 e. The van der Waals surface area contributed by atoms with Crippen molar-refractivity contribution >= 4 is 33.4 Å². The maximum atomic E-state index is 9.25. The lowest BCUT2D eigenvalue weighted by Gasteiger charge is -2.36. The minimum Gasteiger partial charge on any atom is -0.368 e. The van der Waals surface area contributed by atoms with Crippen molar-refractivity contribution in [3.05, 3.63) is 28.2 Å². The fourth-order valence-corrected chi connectivity index (χ4v) is 4.03. The number of hydrogen-bond donors (Lipinski definition) is 0. The highest BCUT2D eigenvalue weighted by Gasteiger charge is 2.24.